The summed E-state index contributed by atoms with van der Waals surface area (Å²) >= 11 is 6.10. The van der Waals surface area contributed by atoms with Gasteiger partial charge in [-0.05, 0) is 49.3 Å². The van der Waals surface area contributed by atoms with E-state index < -0.39 is 0 Å². The molecule has 1 fully saturated rings. The number of nitriles is 1. The summed E-state index contributed by atoms with van der Waals surface area (Å²) in [6.45, 7) is 4.91. The zero-order valence-corrected chi connectivity index (χ0v) is 16.0. The lowest BCUT2D eigenvalue weighted by molar-refractivity contribution is -0.117. The minimum atomic E-state index is -0.0383. The largest absolute Gasteiger partial charge is 0.324 e. The molecule has 0 radical (unpaired) electrons. The Bertz CT molecular complexity index is 816. The molecule has 1 aliphatic heterocycles. The molecule has 3 rings (SSSR count). The van der Waals surface area contributed by atoms with Gasteiger partial charge in [0.25, 0.3) is 0 Å². The maximum Gasteiger partial charge on any atom is 0.238 e. The molecule has 1 heterocycles. The fraction of sp³-hybridized carbons (Fsp3) is 0.333. The molecule has 1 aliphatic rings. The van der Waals surface area contributed by atoms with Crippen molar-refractivity contribution in [2.75, 3.05) is 38.0 Å². The van der Waals surface area contributed by atoms with Gasteiger partial charge in [-0.1, -0.05) is 35.9 Å². The van der Waals surface area contributed by atoms with Gasteiger partial charge in [0, 0.05) is 19.6 Å². The molecule has 1 N–H and O–H groups in total. The number of amides is 1. The molecule has 140 valence electrons. The van der Waals surface area contributed by atoms with Crippen LogP contribution in [0.4, 0.5) is 5.69 Å². The molecule has 2 aromatic rings. The topological polar surface area (TPSA) is 59.4 Å². The zero-order chi connectivity index (χ0) is 19.1. The first-order valence-electron chi connectivity index (χ1n) is 9.12. The normalized spacial score (nSPS) is 15.7. The van der Waals surface area contributed by atoms with Crippen molar-refractivity contribution in [1.29, 1.82) is 5.26 Å². The van der Waals surface area contributed by atoms with Crippen molar-refractivity contribution in [2.24, 2.45) is 0 Å². The van der Waals surface area contributed by atoms with Crippen LogP contribution in [0.15, 0.2) is 48.5 Å². The quantitative estimate of drug-likeness (QED) is 0.861. The number of nitrogens with zero attached hydrogens (tertiary/aromatic N) is 3. The average Bonchev–Trinajstić information content (AvgIpc) is 2.89. The van der Waals surface area contributed by atoms with Crippen LogP contribution in [0.2, 0.25) is 5.02 Å². The van der Waals surface area contributed by atoms with Crippen LogP contribution in [-0.2, 0) is 11.3 Å². The average molecular weight is 383 g/mol. The van der Waals surface area contributed by atoms with E-state index in [4.69, 9.17) is 16.9 Å². The Morgan fingerprint density at radius 2 is 1.74 bits per heavy atom. The molecule has 0 bridgehead atoms. The van der Waals surface area contributed by atoms with Gasteiger partial charge in [0.05, 0.1) is 28.9 Å². The number of benzene rings is 2. The summed E-state index contributed by atoms with van der Waals surface area (Å²) in [6.07, 6.45) is 1.02. The van der Waals surface area contributed by atoms with Crippen LogP contribution in [0, 0.1) is 11.3 Å². The van der Waals surface area contributed by atoms with Gasteiger partial charge in [-0.25, -0.2) is 0 Å². The Morgan fingerprint density at radius 1 is 1.04 bits per heavy atom. The van der Waals surface area contributed by atoms with Crippen molar-refractivity contribution in [3.05, 3.63) is 64.7 Å². The van der Waals surface area contributed by atoms with E-state index in [2.05, 4.69) is 21.2 Å². The molecule has 0 spiro atoms. The highest BCUT2D eigenvalue weighted by molar-refractivity contribution is 6.33. The second-order valence-corrected chi connectivity index (χ2v) is 7.15. The number of anilines is 1. The smallest absolute Gasteiger partial charge is 0.238 e. The third kappa shape index (κ3) is 5.80. The van der Waals surface area contributed by atoms with Crippen molar-refractivity contribution < 1.29 is 4.79 Å². The number of hydrogen-bond acceptors (Lipinski definition) is 4. The summed E-state index contributed by atoms with van der Waals surface area (Å²) < 4.78 is 0. The maximum atomic E-state index is 12.3. The van der Waals surface area contributed by atoms with Gasteiger partial charge in [0.1, 0.15) is 0 Å². The molecule has 0 saturated carbocycles. The zero-order valence-electron chi connectivity index (χ0n) is 15.2. The first-order chi connectivity index (χ1) is 13.1. The predicted molar refractivity (Wildman–Crippen MR) is 108 cm³/mol. The van der Waals surface area contributed by atoms with Crippen LogP contribution in [0.1, 0.15) is 17.5 Å². The molecule has 0 aliphatic carbocycles. The Labute approximate surface area is 165 Å². The summed E-state index contributed by atoms with van der Waals surface area (Å²) in [6, 6.07) is 17.2. The lowest BCUT2D eigenvalue weighted by Gasteiger charge is -2.21. The number of para-hydroxylation sites is 1. The van der Waals surface area contributed by atoms with E-state index in [0.717, 1.165) is 39.1 Å². The molecule has 1 amide bonds. The molecule has 0 atom stereocenters. The number of halogens is 1. The van der Waals surface area contributed by atoms with E-state index in [-0.39, 0.29) is 5.91 Å². The van der Waals surface area contributed by atoms with Gasteiger partial charge in [-0.3, -0.25) is 14.6 Å². The minimum absolute atomic E-state index is 0.0383. The molecular weight excluding hydrogens is 360 g/mol. The first kappa shape index (κ1) is 19.4. The standard InChI is InChI=1S/C21H23ClN4O/c22-19-4-1-2-5-20(19)24-21(27)16-26-11-3-10-25(12-13-26)15-18-8-6-17(14-23)7-9-18/h1-2,4-9H,3,10-13,15-16H2,(H,24,27). The van der Waals surface area contributed by atoms with Crippen LogP contribution < -0.4 is 5.32 Å². The van der Waals surface area contributed by atoms with Gasteiger partial charge in [-0.15, -0.1) is 0 Å². The van der Waals surface area contributed by atoms with Crippen LogP contribution in [0.5, 0.6) is 0 Å². The summed E-state index contributed by atoms with van der Waals surface area (Å²) in [5.74, 6) is -0.0383. The highest BCUT2D eigenvalue weighted by Crippen LogP contribution is 2.20. The number of hydrogen-bond donors (Lipinski definition) is 1. The molecule has 6 heteroatoms. The van der Waals surface area contributed by atoms with Gasteiger partial charge in [-0.2, -0.15) is 5.26 Å². The maximum absolute atomic E-state index is 12.3. The van der Waals surface area contributed by atoms with Crippen molar-refractivity contribution >= 4 is 23.2 Å². The van der Waals surface area contributed by atoms with E-state index in [9.17, 15) is 4.79 Å². The predicted octanol–water partition coefficient (Wildman–Crippen LogP) is 3.36. The van der Waals surface area contributed by atoms with Gasteiger partial charge in [0.15, 0.2) is 0 Å². The second kappa shape index (κ2) is 9.52. The summed E-state index contributed by atoms with van der Waals surface area (Å²) in [5.41, 5.74) is 2.55. The molecule has 1 saturated heterocycles. The molecule has 27 heavy (non-hydrogen) atoms. The van der Waals surface area contributed by atoms with E-state index in [1.165, 1.54) is 5.56 Å². The number of carbonyl (C=O) groups excluding carboxylic acids is 1. The molecule has 0 unspecified atom stereocenters. The third-order valence-corrected chi connectivity index (χ3v) is 5.02. The number of carbonyl (C=O) groups is 1. The SMILES string of the molecule is N#Cc1ccc(CN2CCCN(CC(=O)Nc3ccccc3Cl)CC2)cc1. The van der Waals surface area contributed by atoms with Crippen molar-refractivity contribution in [3.63, 3.8) is 0 Å². The Hall–Kier alpha value is -2.39. The van der Waals surface area contributed by atoms with Crippen molar-refractivity contribution in [3.8, 4) is 6.07 Å². The van der Waals surface area contributed by atoms with Crippen molar-refractivity contribution in [2.45, 2.75) is 13.0 Å². The Balaban J connectivity index is 1.48. The van der Waals surface area contributed by atoms with Gasteiger partial charge >= 0.3 is 0 Å². The van der Waals surface area contributed by atoms with Crippen LogP contribution in [0.25, 0.3) is 0 Å². The first-order valence-corrected chi connectivity index (χ1v) is 9.50. The van der Waals surface area contributed by atoms with Crippen LogP contribution in [0.3, 0.4) is 0 Å². The number of nitrogens with one attached hydrogen (secondary N) is 1. The summed E-state index contributed by atoms with van der Waals surface area (Å²) in [7, 11) is 0. The highest BCUT2D eigenvalue weighted by Gasteiger charge is 2.17. The number of rotatable bonds is 5. The third-order valence-electron chi connectivity index (χ3n) is 4.69. The monoisotopic (exact) mass is 382 g/mol. The second-order valence-electron chi connectivity index (χ2n) is 6.74. The minimum Gasteiger partial charge on any atom is -0.324 e. The van der Waals surface area contributed by atoms with E-state index in [1.807, 2.05) is 42.5 Å². The summed E-state index contributed by atoms with van der Waals surface area (Å²) in [4.78, 5) is 16.9. The lowest BCUT2D eigenvalue weighted by atomic mass is 10.1. The van der Waals surface area contributed by atoms with E-state index >= 15 is 0 Å². The molecule has 5 nitrogen and oxygen atoms in total. The van der Waals surface area contributed by atoms with E-state index in [1.54, 1.807) is 6.07 Å². The highest BCUT2D eigenvalue weighted by atomic mass is 35.5. The van der Waals surface area contributed by atoms with Gasteiger partial charge < -0.3 is 5.32 Å². The van der Waals surface area contributed by atoms with Crippen LogP contribution >= 0.6 is 11.6 Å². The molecule has 0 aromatic heterocycles. The Kier molecular flexibility index (Phi) is 6.83. The van der Waals surface area contributed by atoms with Gasteiger partial charge in [0.2, 0.25) is 5.91 Å². The fourth-order valence-electron chi connectivity index (χ4n) is 3.24. The fourth-order valence-corrected chi connectivity index (χ4v) is 3.42. The van der Waals surface area contributed by atoms with E-state index in [0.29, 0.717) is 22.8 Å². The Morgan fingerprint density at radius 3 is 2.48 bits per heavy atom. The summed E-state index contributed by atoms with van der Waals surface area (Å²) in [5, 5.41) is 12.3. The lowest BCUT2D eigenvalue weighted by Crippen LogP contribution is -2.36. The molecule has 2 aromatic carbocycles. The van der Waals surface area contributed by atoms with Crippen molar-refractivity contribution in [1.82, 2.24) is 9.80 Å². The van der Waals surface area contributed by atoms with Crippen LogP contribution in [-0.4, -0.2) is 48.4 Å². The molecular formula is C21H23ClN4O.